The maximum Gasteiger partial charge on any atom is 0.265 e. The molecule has 2 aromatic carbocycles. The maximum absolute atomic E-state index is 12.2. The minimum atomic E-state index is -0.750. The summed E-state index contributed by atoms with van der Waals surface area (Å²) in [7, 11) is 0. The van der Waals surface area contributed by atoms with Crippen molar-refractivity contribution in [2.24, 2.45) is 5.73 Å². The van der Waals surface area contributed by atoms with E-state index in [9.17, 15) is 9.59 Å². The molecule has 32 heavy (non-hydrogen) atoms. The number of primary amides is 1. The molecule has 0 heterocycles. The number of rotatable bonds is 10. The van der Waals surface area contributed by atoms with Gasteiger partial charge < -0.3 is 16.0 Å². The first-order valence-electron chi connectivity index (χ1n) is 10.1. The second-order valence-corrected chi connectivity index (χ2v) is 7.00. The van der Waals surface area contributed by atoms with Crippen molar-refractivity contribution in [2.75, 3.05) is 18.0 Å². The van der Waals surface area contributed by atoms with Crippen molar-refractivity contribution < 1.29 is 9.59 Å². The minimum absolute atomic E-state index is 0.0191. The van der Waals surface area contributed by atoms with E-state index in [0.29, 0.717) is 25.9 Å². The summed E-state index contributed by atoms with van der Waals surface area (Å²) in [5.41, 5.74) is 8.75. The summed E-state index contributed by atoms with van der Waals surface area (Å²) in [5, 5.41) is 20.3. The summed E-state index contributed by atoms with van der Waals surface area (Å²) >= 11 is 0. The third-order valence-corrected chi connectivity index (χ3v) is 4.66. The predicted octanol–water partition coefficient (Wildman–Crippen LogP) is 3.28. The Hall–Kier alpha value is -4.36. The van der Waals surface area contributed by atoms with E-state index in [4.69, 9.17) is 16.3 Å². The third kappa shape index (κ3) is 7.47. The van der Waals surface area contributed by atoms with Crippen LogP contribution in [0.3, 0.4) is 0 Å². The van der Waals surface area contributed by atoms with Crippen LogP contribution in [0.25, 0.3) is 12.2 Å². The van der Waals surface area contributed by atoms with Crippen molar-refractivity contribution in [3.8, 4) is 12.1 Å². The SMILES string of the molecule is Cc1cc(N(CCC#N)CCC#N)ccc1/C=C(\NC(=O)/C=C/c1ccccc1)C(N)=O. The normalized spacial score (nSPS) is 10.9. The quantitative estimate of drug-likeness (QED) is 0.563. The van der Waals surface area contributed by atoms with E-state index in [-0.39, 0.29) is 5.70 Å². The minimum Gasteiger partial charge on any atom is -0.369 e. The molecule has 2 amide bonds. The van der Waals surface area contributed by atoms with Crippen LogP contribution in [0.5, 0.6) is 0 Å². The topological polar surface area (TPSA) is 123 Å². The molecule has 0 saturated carbocycles. The molecule has 0 radical (unpaired) electrons. The molecule has 3 N–H and O–H groups in total. The lowest BCUT2D eigenvalue weighted by atomic mass is 10.1. The highest BCUT2D eigenvalue weighted by Crippen LogP contribution is 2.21. The average molecular weight is 428 g/mol. The molecular weight excluding hydrogens is 402 g/mol. The first kappa shape index (κ1) is 23.9. The van der Waals surface area contributed by atoms with Crippen LogP contribution in [0.2, 0.25) is 0 Å². The smallest absolute Gasteiger partial charge is 0.265 e. The van der Waals surface area contributed by atoms with E-state index in [1.165, 1.54) is 12.2 Å². The number of nitrogens with one attached hydrogen (secondary N) is 1. The Balaban J connectivity index is 2.20. The van der Waals surface area contributed by atoms with Gasteiger partial charge >= 0.3 is 0 Å². The zero-order valence-corrected chi connectivity index (χ0v) is 17.9. The van der Waals surface area contributed by atoms with Gasteiger partial charge in [-0.15, -0.1) is 0 Å². The molecule has 7 nitrogen and oxygen atoms in total. The molecule has 0 bridgehead atoms. The van der Waals surface area contributed by atoms with Crippen molar-refractivity contribution in [3.05, 3.63) is 77.0 Å². The van der Waals surface area contributed by atoms with Gasteiger partial charge in [-0.3, -0.25) is 9.59 Å². The number of nitrogens with zero attached hydrogens (tertiary/aromatic N) is 3. The Morgan fingerprint density at radius 2 is 1.72 bits per heavy atom. The summed E-state index contributed by atoms with van der Waals surface area (Å²) in [4.78, 5) is 26.1. The van der Waals surface area contributed by atoms with E-state index < -0.39 is 11.8 Å². The molecule has 0 fully saturated rings. The number of carbonyl (C=O) groups is 2. The molecule has 162 valence electrons. The van der Waals surface area contributed by atoms with Crippen LogP contribution in [0.1, 0.15) is 29.5 Å². The number of aryl methyl sites for hydroxylation is 1. The summed E-state index contributed by atoms with van der Waals surface area (Å²) in [6.07, 6.45) is 5.21. The fourth-order valence-electron chi connectivity index (χ4n) is 2.99. The molecule has 0 spiro atoms. The number of anilines is 1. The molecule has 0 atom stereocenters. The number of benzene rings is 2. The lowest BCUT2D eigenvalue weighted by Crippen LogP contribution is -2.30. The molecule has 2 rings (SSSR count). The van der Waals surface area contributed by atoms with Crippen molar-refractivity contribution in [2.45, 2.75) is 19.8 Å². The Kier molecular flexibility index (Phi) is 9.24. The fraction of sp³-hybridized carbons (Fsp3) is 0.200. The van der Waals surface area contributed by atoms with Gasteiger partial charge in [-0.1, -0.05) is 36.4 Å². The van der Waals surface area contributed by atoms with Crippen molar-refractivity contribution in [1.82, 2.24) is 5.32 Å². The van der Waals surface area contributed by atoms with Gasteiger partial charge in [0, 0.05) is 24.9 Å². The lowest BCUT2D eigenvalue weighted by molar-refractivity contribution is -0.119. The number of hydrogen-bond acceptors (Lipinski definition) is 5. The Labute approximate surface area is 188 Å². The third-order valence-electron chi connectivity index (χ3n) is 4.66. The van der Waals surface area contributed by atoms with Crippen LogP contribution in [0.4, 0.5) is 5.69 Å². The molecular formula is C25H25N5O2. The molecule has 0 aliphatic rings. The van der Waals surface area contributed by atoms with Gasteiger partial charge in [0.2, 0.25) is 5.91 Å². The zero-order chi connectivity index (χ0) is 23.3. The van der Waals surface area contributed by atoms with Gasteiger partial charge in [-0.2, -0.15) is 10.5 Å². The summed E-state index contributed by atoms with van der Waals surface area (Å²) in [5.74, 6) is -1.22. The van der Waals surface area contributed by atoms with Crippen LogP contribution < -0.4 is 16.0 Å². The highest BCUT2D eigenvalue weighted by Gasteiger charge is 2.11. The number of carbonyl (C=O) groups excluding carboxylic acids is 2. The van der Waals surface area contributed by atoms with E-state index in [1.807, 2.05) is 60.4 Å². The molecule has 7 heteroatoms. The van der Waals surface area contributed by atoms with Gasteiger partial charge in [-0.05, 0) is 47.9 Å². The maximum atomic E-state index is 12.2. The highest BCUT2D eigenvalue weighted by atomic mass is 16.2. The Morgan fingerprint density at radius 1 is 1.06 bits per heavy atom. The molecule has 0 aliphatic carbocycles. The molecule has 0 unspecified atom stereocenters. The molecule has 0 saturated heterocycles. The van der Waals surface area contributed by atoms with Gasteiger partial charge in [0.25, 0.3) is 5.91 Å². The van der Waals surface area contributed by atoms with Gasteiger partial charge in [0.1, 0.15) is 5.70 Å². The fourth-order valence-corrected chi connectivity index (χ4v) is 2.99. The average Bonchev–Trinajstić information content (AvgIpc) is 2.79. The van der Waals surface area contributed by atoms with Gasteiger partial charge in [0.15, 0.2) is 0 Å². The first-order chi connectivity index (χ1) is 15.4. The van der Waals surface area contributed by atoms with Gasteiger partial charge in [-0.25, -0.2) is 0 Å². The van der Waals surface area contributed by atoms with E-state index in [0.717, 1.165) is 22.4 Å². The summed E-state index contributed by atoms with van der Waals surface area (Å²) < 4.78 is 0. The molecule has 2 aromatic rings. The van der Waals surface area contributed by atoms with Crippen LogP contribution in [-0.2, 0) is 9.59 Å². The van der Waals surface area contributed by atoms with E-state index in [2.05, 4.69) is 17.5 Å². The standard InChI is InChI=1S/C25H25N5O2/c1-19-17-22(30(15-5-13-26)16-6-14-27)11-10-21(19)18-23(25(28)32)29-24(31)12-9-20-7-3-2-4-8-20/h2-4,7-12,17-18H,5-6,15-16H2,1H3,(H2,28,32)(H,29,31)/b12-9+,23-18-. The Morgan fingerprint density at radius 3 is 2.28 bits per heavy atom. The second-order valence-electron chi connectivity index (χ2n) is 7.00. The second kappa shape index (κ2) is 12.4. The van der Waals surface area contributed by atoms with E-state index >= 15 is 0 Å². The van der Waals surface area contributed by atoms with E-state index in [1.54, 1.807) is 6.08 Å². The summed E-state index contributed by atoms with van der Waals surface area (Å²) in [6.45, 7) is 2.91. The monoisotopic (exact) mass is 427 g/mol. The number of nitriles is 2. The van der Waals surface area contributed by atoms with Crippen molar-refractivity contribution >= 4 is 29.7 Å². The van der Waals surface area contributed by atoms with Gasteiger partial charge in [0.05, 0.1) is 25.0 Å². The lowest BCUT2D eigenvalue weighted by Gasteiger charge is -2.23. The van der Waals surface area contributed by atoms with Crippen LogP contribution in [0.15, 0.2) is 60.3 Å². The predicted molar refractivity (Wildman–Crippen MR) is 125 cm³/mol. The van der Waals surface area contributed by atoms with Crippen molar-refractivity contribution in [3.63, 3.8) is 0 Å². The van der Waals surface area contributed by atoms with Crippen LogP contribution in [0, 0.1) is 29.6 Å². The Bertz CT molecular complexity index is 1070. The van der Waals surface area contributed by atoms with Crippen molar-refractivity contribution in [1.29, 1.82) is 10.5 Å². The van der Waals surface area contributed by atoms with Crippen LogP contribution in [-0.4, -0.2) is 24.9 Å². The number of nitrogens with two attached hydrogens (primary N) is 1. The largest absolute Gasteiger partial charge is 0.369 e. The summed E-state index contributed by atoms with van der Waals surface area (Å²) in [6, 6.07) is 19.1. The highest BCUT2D eigenvalue weighted by molar-refractivity contribution is 6.03. The molecule has 0 aromatic heterocycles. The first-order valence-corrected chi connectivity index (χ1v) is 10.1. The molecule has 0 aliphatic heterocycles. The number of hydrogen-bond donors (Lipinski definition) is 2. The van der Waals surface area contributed by atoms with Crippen LogP contribution >= 0.6 is 0 Å². The zero-order valence-electron chi connectivity index (χ0n) is 17.9. The number of amides is 2.